The highest BCUT2D eigenvalue weighted by Crippen LogP contribution is 2.59. The molecule has 0 spiro atoms. The highest BCUT2D eigenvalue weighted by atomic mass is 15.0. The van der Waals surface area contributed by atoms with Crippen molar-refractivity contribution in [3.63, 3.8) is 0 Å². The van der Waals surface area contributed by atoms with E-state index in [-0.39, 0.29) is 27.1 Å². The SMILES string of the molecule is Cc1ccc2c(n1)C(C)(C)c1c-2ccc(C)c1-c1c2ccccc2cc[n+]1C.Cc1ccc2c(n1)C(C)(C)c1c-2ccc(C)c1-c1cc2ccccc2c[n+]1C.Cc1ccc2c(n1)C(C)(C)c1c-2ccc(C)c1-c1ccc2c(C)cccc2[n+]1C.Cc1ccc2c(n1)C(C)(C)c1c-2ccc(C)c1-c1ccc2c(CC(C)C)cccc2[n+]1C.Cc1ccc2c(n1)C(C)(C)c1c-2ccc(C)c1-c1ccc2ccc(CC(C)C)cc2[n+]1C. The lowest BCUT2D eigenvalue weighted by atomic mass is 9.79. The van der Waals surface area contributed by atoms with Crippen LogP contribution in [0.5, 0.6) is 0 Å². The Bertz CT molecular complexity index is 8860. The predicted molar refractivity (Wildman–Crippen MR) is 619 cm³/mol. The van der Waals surface area contributed by atoms with Gasteiger partial charge in [0.05, 0.1) is 61.7 Å². The van der Waals surface area contributed by atoms with Crippen LogP contribution in [-0.4, -0.2) is 24.9 Å². The molecule has 10 aromatic heterocycles. The maximum Gasteiger partial charge on any atom is 0.220 e. The van der Waals surface area contributed by atoms with Crippen LogP contribution in [0, 0.1) is 88.0 Å². The number of aryl methyl sites for hydroxylation is 16. The molecule has 10 nitrogen and oxygen atoms in total. The number of fused-ring (bicyclic) bond motifs is 20. The number of hydrogen-bond donors (Lipinski definition) is 0. The fourth-order valence-corrected chi connectivity index (χ4v) is 26.0. The van der Waals surface area contributed by atoms with E-state index < -0.39 is 0 Å². The number of rotatable bonds is 9. The first kappa shape index (κ1) is 99.9. The molecule has 0 aliphatic heterocycles. The van der Waals surface area contributed by atoms with Gasteiger partial charge < -0.3 is 0 Å². The zero-order valence-electron chi connectivity index (χ0n) is 93.2. The summed E-state index contributed by atoms with van der Waals surface area (Å²) in [4.78, 5) is 24.9. The van der Waals surface area contributed by atoms with E-state index in [4.69, 9.17) is 24.9 Å². The van der Waals surface area contributed by atoms with Gasteiger partial charge in [-0.1, -0.05) is 255 Å². The average Bonchev–Trinajstić information content (AvgIpc) is 1.60. The van der Waals surface area contributed by atoms with Crippen molar-refractivity contribution in [2.24, 2.45) is 47.1 Å². The largest absolute Gasteiger partial charge is 0.257 e. The molecule has 5 aliphatic rings. The quantitative estimate of drug-likeness (QED) is 0.134. The standard InChI is InChI=1S/2C30H33N2.C27H27N2.2C26H25N2/c1-18(2)16-21-10-11-22-12-15-25(32(7)26(22)17-21)27-19(3)8-13-23-24-14-9-20(4)31-29(24)30(5,6)28(23)27;1-18(2)17-21-9-8-10-25-22(21)15-16-26(32(25)7)27-19(3)11-13-23-24-14-12-20(4)31-29(24)30(5,6)28(23)27;1-16-8-7-9-22-19(16)14-15-23(29(22)6)24-17(2)10-12-20-21-13-11-18(3)28-26(21)27(4,5)25(20)24;1-16-10-12-20-21-13-11-17(2)27-25(21)26(3,4)24(20)23(16)22-14-18-8-6-7-9-19(18)15-28(22)5;1-16-10-12-20-21-13-11-17(2)27-25(21)26(3,4)23(20)22(16)24-19-9-7-6-8-18(19)14-15-28(24)5/h8-15,17-18H,16H2,1-7H3;8-16,18H,17H2,1-7H3;7-15H,1-6H3;2*6-15H,1-5H3/q5*+1. The Labute approximate surface area is 882 Å². The summed E-state index contributed by atoms with van der Waals surface area (Å²) in [6.07, 6.45) is 6.62. The summed E-state index contributed by atoms with van der Waals surface area (Å²) < 4.78 is 11.7. The Kier molecular flexibility index (Phi) is 25.1. The summed E-state index contributed by atoms with van der Waals surface area (Å²) >= 11 is 0. The van der Waals surface area contributed by atoms with Gasteiger partial charge in [-0.05, 0) is 278 Å². The molecule has 0 saturated heterocycles. The van der Waals surface area contributed by atoms with E-state index >= 15 is 0 Å². The smallest absolute Gasteiger partial charge is 0.220 e. The molecule has 0 fully saturated rings. The predicted octanol–water partition coefficient (Wildman–Crippen LogP) is 31.0. The lowest BCUT2D eigenvalue weighted by molar-refractivity contribution is -0.659. The summed E-state index contributed by atoms with van der Waals surface area (Å²) in [5, 5.41) is 9.05. The Balaban J connectivity index is 0.000000109. The van der Waals surface area contributed by atoms with E-state index in [1.165, 1.54) is 267 Å². The number of pyridine rings is 10. The molecule has 10 heteroatoms. The Morgan fingerprint density at radius 2 is 0.577 bits per heavy atom. The van der Waals surface area contributed by atoms with Crippen LogP contribution in [0.3, 0.4) is 0 Å². The van der Waals surface area contributed by atoms with Crippen LogP contribution in [-0.2, 0) is 75.2 Å². The van der Waals surface area contributed by atoms with Crippen LogP contribution in [0.4, 0.5) is 0 Å². The maximum absolute atomic E-state index is 4.99. The van der Waals surface area contributed by atoms with Crippen molar-refractivity contribution >= 4 is 54.3 Å². The summed E-state index contributed by atoms with van der Waals surface area (Å²) in [5.74, 6) is 1.29. The Hall–Kier alpha value is -15.0. The maximum atomic E-state index is 4.99. The van der Waals surface area contributed by atoms with E-state index in [2.05, 4.69) is 517 Å². The Morgan fingerprint density at radius 1 is 0.242 bits per heavy atom. The second kappa shape index (κ2) is 37.4. The third kappa shape index (κ3) is 16.7. The molecule has 0 amide bonds. The molecule has 10 aromatic carbocycles. The third-order valence-electron chi connectivity index (χ3n) is 33.3. The fourth-order valence-electron chi connectivity index (χ4n) is 26.0. The normalized spacial score (nSPS) is 14.1. The van der Waals surface area contributed by atoms with E-state index in [1.807, 2.05) is 0 Å². The molecular formula is C139H143N10+5. The van der Waals surface area contributed by atoms with E-state index in [1.54, 1.807) is 0 Å². The second-order valence-corrected chi connectivity index (χ2v) is 46.8. The van der Waals surface area contributed by atoms with Gasteiger partial charge in [-0.25, -0.2) is 9.13 Å². The number of hydrogen-bond acceptors (Lipinski definition) is 5. The van der Waals surface area contributed by atoms with Crippen LogP contribution < -0.4 is 22.8 Å². The topological polar surface area (TPSA) is 83.8 Å². The van der Waals surface area contributed by atoms with Gasteiger partial charge >= 0.3 is 0 Å². The van der Waals surface area contributed by atoms with E-state index in [9.17, 15) is 0 Å². The first-order chi connectivity index (χ1) is 70.9. The van der Waals surface area contributed by atoms with E-state index in [0.717, 1.165) is 41.3 Å². The zero-order valence-corrected chi connectivity index (χ0v) is 93.2. The van der Waals surface area contributed by atoms with Crippen LogP contribution >= 0.6 is 0 Å². The van der Waals surface area contributed by atoms with Gasteiger partial charge in [0.25, 0.3) is 0 Å². The molecule has 25 rings (SSSR count). The molecule has 5 aliphatic carbocycles. The fraction of sp³-hybridized carbons (Fsp3) is 0.281. The monoisotopic (exact) mass is 1950 g/mol. The van der Waals surface area contributed by atoms with Crippen molar-refractivity contribution in [2.45, 2.75) is 213 Å². The van der Waals surface area contributed by atoms with Crippen molar-refractivity contribution < 1.29 is 22.8 Å². The molecule has 744 valence electrons. The van der Waals surface area contributed by atoms with Gasteiger partial charge in [-0.15, -0.1) is 0 Å². The van der Waals surface area contributed by atoms with Gasteiger partial charge in [0.1, 0.15) is 35.2 Å². The van der Waals surface area contributed by atoms with Crippen LogP contribution in [0.1, 0.15) is 226 Å². The Morgan fingerprint density at radius 3 is 0.993 bits per heavy atom. The molecule has 0 atom stereocenters. The molecule has 149 heavy (non-hydrogen) atoms. The second-order valence-electron chi connectivity index (χ2n) is 46.8. The van der Waals surface area contributed by atoms with Crippen LogP contribution in [0.25, 0.3) is 166 Å². The molecule has 10 heterocycles. The highest BCUT2D eigenvalue weighted by Gasteiger charge is 2.48. The van der Waals surface area contributed by atoms with Gasteiger partial charge in [0.15, 0.2) is 12.4 Å². The van der Waals surface area contributed by atoms with Gasteiger partial charge in [-0.2, -0.15) is 13.7 Å². The van der Waals surface area contributed by atoms with Gasteiger partial charge in [0.2, 0.25) is 45.0 Å². The number of benzene rings is 10. The lowest BCUT2D eigenvalue weighted by Crippen LogP contribution is -2.33. The van der Waals surface area contributed by atoms with Crippen molar-refractivity contribution in [1.29, 1.82) is 0 Å². The van der Waals surface area contributed by atoms with Crippen molar-refractivity contribution in [2.75, 3.05) is 0 Å². The number of nitrogens with zero attached hydrogens (tertiary/aromatic N) is 10. The van der Waals surface area contributed by atoms with Crippen LogP contribution in [0.15, 0.2) is 285 Å². The van der Waals surface area contributed by atoms with Gasteiger partial charge in [-0.3, -0.25) is 24.9 Å². The van der Waals surface area contributed by atoms with Gasteiger partial charge in [0, 0.05) is 153 Å². The summed E-state index contributed by atoms with van der Waals surface area (Å²) in [7, 11) is 10.9. The minimum Gasteiger partial charge on any atom is -0.257 e. The third-order valence-corrected chi connectivity index (χ3v) is 33.3. The zero-order chi connectivity index (χ0) is 105. The first-order valence-corrected chi connectivity index (χ1v) is 53.6. The molecule has 0 radical (unpaired) electrons. The summed E-state index contributed by atoms with van der Waals surface area (Å²) in [6, 6.07) is 100. The number of aromatic nitrogens is 10. The molecule has 0 unspecified atom stereocenters. The molecule has 20 aromatic rings. The molecule has 0 bridgehead atoms. The molecular weight excluding hydrogens is 1810 g/mol. The summed E-state index contributed by atoms with van der Waals surface area (Å²) in [5.41, 5.74) is 58.3. The van der Waals surface area contributed by atoms with Crippen molar-refractivity contribution in [3.05, 3.63) is 415 Å². The van der Waals surface area contributed by atoms with Crippen LogP contribution in [0.2, 0.25) is 0 Å². The lowest BCUT2D eigenvalue weighted by Gasteiger charge is -2.24. The van der Waals surface area contributed by atoms with E-state index in [0.29, 0.717) is 11.8 Å². The molecule has 0 N–H and O–H groups in total. The van der Waals surface area contributed by atoms with Crippen molar-refractivity contribution in [3.8, 4) is 112 Å². The first-order valence-electron chi connectivity index (χ1n) is 53.6. The average molecular weight is 1950 g/mol. The minimum atomic E-state index is -0.139. The highest BCUT2D eigenvalue weighted by molar-refractivity contribution is 6.00. The summed E-state index contributed by atoms with van der Waals surface area (Å²) in [6.45, 7) is 56.1. The molecule has 0 saturated carbocycles. The van der Waals surface area contributed by atoms with Crippen molar-refractivity contribution in [1.82, 2.24) is 24.9 Å². The minimum absolute atomic E-state index is 0.128.